The lowest BCUT2D eigenvalue weighted by molar-refractivity contribution is 0.0550. The van der Waals surface area contributed by atoms with Crippen molar-refractivity contribution in [3.8, 4) is 5.75 Å². The number of carbonyl (C=O) groups is 1. The van der Waals surface area contributed by atoms with E-state index in [9.17, 15) is 4.79 Å². The van der Waals surface area contributed by atoms with Crippen LogP contribution in [0.15, 0.2) is 36.9 Å². The number of ether oxygens (including phenoxy) is 1. The Bertz CT molecular complexity index is 390. The van der Waals surface area contributed by atoms with Gasteiger partial charge in [-0.1, -0.05) is 12.7 Å². The fourth-order valence-corrected chi connectivity index (χ4v) is 2.07. The topological polar surface area (TPSA) is 35.5 Å². The van der Waals surface area contributed by atoms with E-state index in [1.54, 1.807) is 30.3 Å². The summed E-state index contributed by atoms with van der Waals surface area (Å²) in [5, 5.41) is 0. The van der Waals surface area contributed by atoms with E-state index in [1.807, 2.05) is 0 Å². The average molecular weight is 250 g/mol. The Balaban J connectivity index is 2.67. The average Bonchev–Trinajstić information content (AvgIpc) is 2.24. The molecule has 0 aliphatic heterocycles. The molecule has 0 saturated carbocycles. The Morgan fingerprint density at radius 1 is 1.29 bits per heavy atom. The molecule has 0 heterocycles. The minimum Gasteiger partial charge on any atom is -0.544 e. The first kappa shape index (κ1) is 13.5. The van der Waals surface area contributed by atoms with Crippen LogP contribution in [0.3, 0.4) is 0 Å². The maximum atomic E-state index is 11.5. The zero-order chi connectivity index (χ0) is 12.9. The van der Waals surface area contributed by atoms with Crippen molar-refractivity contribution in [1.29, 1.82) is 0 Å². The zero-order valence-corrected chi connectivity index (χ0v) is 11.5. The van der Waals surface area contributed by atoms with Gasteiger partial charge in [0.25, 0.3) is 0 Å². The second-order valence-corrected chi connectivity index (χ2v) is 9.05. The Hall–Kier alpha value is -1.55. The summed E-state index contributed by atoms with van der Waals surface area (Å²) in [5.74, 6) is 0.453. The van der Waals surface area contributed by atoms with Crippen LogP contribution in [0, 0.1) is 0 Å². The number of rotatable bonds is 5. The van der Waals surface area contributed by atoms with E-state index < -0.39 is 8.32 Å². The molecule has 0 N–H and O–H groups in total. The van der Waals surface area contributed by atoms with Gasteiger partial charge < -0.3 is 9.16 Å². The fraction of sp³-hybridized carbons (Fsp3) is 0.308. The number of benzene rings is 1. The van der Waals surface area contributed by atoms with E-state index in [1.165, 1.54) is 0 Å². The van der Waals surface area contributed by atoms with Crippen molar-refractivity contribution < 1.29 is 14.0 Å². The number of hydrogen-bond acceptors (Lipinski definition) is 3. The van der Waals surface area contributed by atoms with Gasteiger partial charge in [-0.25, -0.2) is 4.79 Å². The van der Waals surface area contributed by atoms with E-state index in [0.29, 0.717) is 5.56 Å². The van der Waals surface area contributed by atoms with Gasteiger partial charge in [0.1, 0.15) is 12.4 Å². The molecule has 0 aliphatic rings. The van der Waals surface area contributed by atoms with Gasteiger partial charge in [0.2, 0.25) is 8.32 Å². The molecule has 0 aliphatic carbocycles. The molecule has 0 amide bonds. The van der Waals surface area contributed by atoms with Crippen molar-refractivity contribution in [3.05, 3.63) is 42.5 Å². The normalized spacial score (nSPS) is 10.8. The summed E-state index contributed by atoms with van der Waals surface area (Å²) < 4.78 is 10.7. The predicted molar refractivity (Wildman–Crippen MR) is 70.9 cm³/mol. The molecular formula is C13H18O3Si. The zero-order valence-electron chi connectivity index (χ0n) is 10.5. The van der Waals surface area contributed by atoms with Gasteiger partial charge in [-0.2, -0.15) is 0 Å². The van der Waals surface area contributed by atoms with Gasteiger partial charge in [-0.05, 0) is 43.9 Å². The van der Waals surface area contributed by atoms with Gasteiger partial charge in [0.15, 0.2) is 0 Å². The lowest BCUT2D eigenvalue weighted by Gasteiger charge is -2.19. The molecule has 0 radical (unpaired) electrons. The molecule has 1 aromatic carbocycles. The van der Waals surface area contributed by atoms with Crippen LogP contribution < -0.4 is 4.43 Å². The van der Waals surface area contributed by atoms with E-state index in [2.05, 4.69) is 26.2 Å². The van der Waals surface area contributed by atoms with Crippen LogP contribution in [-0.2, 0) is 4.74 Å². The summed E-state index contributed by atoms with van der Waals surface area (Å²) in [6, 6.07) is 7.01. The number of esters is 1. The van der Waals surface area contributed by atoms with Crippen molar-refractivity contribution >= 4 is 14.3 Å². The van der Waals surface area contributed by atoms with Crippen molar-refractivity contribution in [1.82, 2.24) is 0 Å². The summed E-state index contributed by atoms with van der Waals surface area (Å²) in [6.07, 6.45) is 1.54. The summed E-state index contributed by atoms with van der Waals surface area (Å²) in [7, 11) is -1.59. The van der Waals surface area contributed by atoms with Crippen LogP contribution in [0.4, 0.5) is 0 Å². The van der Waals surface area contributed by atoms with Gasteiger partial charge in [0.05, 0.1) is 5.56 Å². The molecule has 1 aromatic rings. The van der Waals surface area contributed by atoms with E-state index in [0.717, 1.165) is 5.75 Å². The van der Waals surface area contributed by atoms with Crippen LogP contribution in [0.5, 0.6) is 5.75 Å². The van der Waals surface area contributed by atoms with Gasteiger partial charge in [-0.3, -0.25) is 0 Å². The third-order valence-corrected chi connectivity index (χ3v) is 2.69. The molecule has 0 aromatic heterocycles. The maximum absolute atomic E-state index is 11.5. The minimum atomic E-state index is -1.59. The smallest absolute Gasteiger partial charge is 0.338 e. The standard InChI is InChI=1S/C13H18O3Si/c1-5-10-15-13(14)11-6-8-12(9-7-11)16-17(2,3)4/h5-9H,1,10H2,2-4H3. The Kier molecular flexibility index (Phi) is 4.51. The molecule has 0 unspecified atom stereocenters. The van der Waals surface area contributed by atoms with E-state index in [-0.39, 0.29) is 12.6 Å². The van der Waals surface area contributed by atoms with Crippen LogP contribution in [0.1, 0.15) is 10.4 Å². The number of hydrogen-bond donors (Lipinski definition) is 0. The number of carbonyl (C=O) groups excluding carboxylic acids is 1. The quantitative estimate of drug-likeness (QED) is 0.457. The Morgan fingerprint density at radius 3 is 2.35 bits per heavy atom. The SMILES string of the molecule is C=CCOC(=O)c1ccc(O[Si](C)(C)C)cc1. The summed E-state index contributed by atoms with van der Waals surface area (Å²) in [4.78, 5) is 11.5. The van der Waals surface area contributed by atoms with E-state index in [4.69, 9.17) is 9.16 Å². The summed E-state index contributed by atoms with van der Waals surface area (Å²) >= 11 is 0. The molecule has 0 spiro atoms. The molecule has 4 heteroatoms. The highest BCUT2D eigenvalue weighted by Crippen LogP contribution is 2.17. The molecule has 17 heavy (non-hydrogen) atoms. The highest BCUT2D eigenvalue weighted by Gasteiger charge is 2.16. The first-order valence-electron chi connectivity index (χ1n) is 5.49. The maximum Gasteiger partial charge on any atom is 0.338 e. The lowest BCUT2D eigenvalue weighted by Crippen LogP contribution is -2.29. The second kappa shape index (κ2) is 5.68. The molecular weight excluding hydrogens is 232 g/mol. The van der Waals surface area contributed by atoms with Crippen molar-refractivity contribution in [3.63, 3.8) is 0 Å². The van der Waals surface area contributed by atoms with Gasteiger partial charge >= 0.3 is 5.97 Å². The van der Waals surface area contributed by atoms with Crippen molar-refractivity contribution in [2.24, 2.45) is 0 Å². The third kappa shape index (κ3) is 4.87. The Labute approximate surface area is 103 Å². The highest BCUT2D eigenvalue weighted by molar-refractivity contribution is 6.70. The molecule has 3 nitrogen and oxygen atoms in total. The van der Waals surface area contributed by atoms with Crippen LogP contribution in [0.25, 0.3) is 0 Å². The van der Waals surface area contributed by atoms with Crippen LogP contribution in [0.2, 0.25) is 19.6 Å². The Morgan fingerprint density at radius 2 is 1.88 bits per heavy atom. The second-order valence-electron chi connectivity index (χ2n) is 4.63. The lowest BCUT2D eigenvalue weighted by atomic mass is 10.2. The van der Waals surface area contributed by atoms with Gasteiger partial charge in [-0.15, -0.1) is 0 Å². The van der Waals surface area contributed by atoms with Crippen molar-refractivity contribution in [2.45, 2.75) is 19.6 Å². The molecule has 0 saturated heterocycles. The van der Waals surface area contributed by atoms with Crippen LogP contribution in [-0.4, -0.2) is 20.9 Å². The molecule has 92 valence electrons. The van der Waals surface area contributed by atoms with Crippen LogP contribution >= 0.6 is 0 Å². The van der Waals surface area contributed by atoms with Crippen molar-refractivity contribution in [2.75, 3.05) is 6.61 Å². The molecule has 0 bridgehead atoms. The largest absolute Gasteiger partial charge is 0.544 e. The summed E-state index contributed by atoms with van der Waals surface area (Å²) in [6.45, 7) is 10.0. The molecule has 0 atom stereocenters. The first-order valence-corrected chi connectivity index (χ1v) is 8.90. The minimum absolute atomic E-state index is 0.228. The van der Waals surface area contributed by atoms with Gasteiger partial charge in [0, 0.05) is 0 Å². The first-order chi connectivity index (χ1) is 7.92. The fourth-order valence-electron chi connectivity index (χ4n) is 1.23. The highest BCUT2D eigenvalue weighted by atomic mass is 28.4. The molecule has 0 fully saturated rings. The summed E-state index contributed by atoms with van der Waals surface area (Å²) in [5.41, 5.74) is 0.523. The predicted octanol–water partition coefficient (Wildman–Crippen LogP) is 3.24. The molecule has 1 rings (SSSR count). The third-order valence-electron chi connectivity index (χ3n) is 1.85. The monoisotopic (exact) mass is 250 g/mol. The van der Waals surface area contributed by atoms with E-state index >= 15 is 0 Å².